The van der Waals surface area contributed by atoms with Crippen LogP contribution in [0.4, 0.5) is 0 Å². The lowest BCUT2D eigenvalue weighted by atomic mass is 10.0. The molecule has 0 bridgehead atoms. The summed E-state index contributed by atoms with van der Waals surface area (Å²) in [6, 6.07) is -0.868. The van der Waals surface area contributed by atoms with Gasteiger partial charge in [-0.2, -0.15) is 0 Å². The molecule has 3 atom stereocenters. The van der Waals surface area contributed by atoms with Crippen molar-refractivity contribution in [1.29, 1.82) is 0 Å². The van der Waals surface area contributed by atoms with E-state index in [0.29, 0.717) is 23.9 Å². The second kappa shape index (κ2) is 55.8. The number of esters is 1. The van der Waals surface area contributed by atoms with Crippen LogP contribution in [0, 0.1) is 0 Å². The van der Waals surface area contributed by atoms with Crippen LogP contribution in [-0.2, 0) is 27.9 Å². The second-order valence-electron chi connectivity index (χ2n) is 22.6. The molecule has 0 radical (unpaired) electrons. The van der Waals surface area contributed by atoms with E-state index in [0.717, 1.165) is 89.9 Å². The SMILES string of the molecule is CCCCC/C=C\C/C=C\C/C=C\CCCCCCCCCCC(=O)OC(/C=C/CCCCCCCCCCCCC)C(COP(=O)(O)OCC[N+](C)(C)C)NC(=O)CCCCC/C=C/C=C/CCCCCCCCC. The predicted molar refractivity (Wildman–Crippen MR) is 328 cm³/mol. The number of carbonyl (C=O) groups excluding carboxylic acids is 2. The normalized spacial score (nSPS) is 14.1. The molecule has 0 aromatic rings. The Hall–Kier alpha value is -2.55. The van der Waals surface area contributed by atoms with Gasteiger partial charge in [0.2, 0.25) is 5.91 Å². The van der Waals surface area contributed by atoms with Crippen LogP contribution in [0.5, 0.6) is 0 Å². The standard InChI is InChI=1S/C66H121N2O7P/c1-7-10-13-16-19-22-25-28-30-32-33-34-35-36-38-41-44-47-50-53-56-59-66(70)75-64(57-54-51-48-45-42-39-27-24-21-18-15-12-9-3)63(62-74-76(71,72)73-61-60-68(4,5)6)67-65(69)58-55-52-49-46-43-40-37-31-29-26-23-20-17-14-11-8-2/h19,22,28,30-31,33-34,37,40,43,54,57,63-64H,7-18,20-21,23-27,29,32,35-36,38-39,41-42,44-53,55-56,58-62H2,1-6H3,(H-,67,69,71,72)/p+1/b22-19-,30-28-,34-33-,37-31+,43-40+,57-54+. The van der Waals surface area contributed by atoms with Crippen molar-refractivity contribution in [2.45, 2.75) is 296 Å². The molecule has 0 rings (SSSR count). The van der Waals surface area contributed by atoms with E-state index in [1.54, 1.807) is 0 Å². The highest BCUT2D eigenvalue weighted by Crippen LogP contribution is 2.43. The number of unbranched alkanes of at least 4 members (excludes halogenated alkanes) is 32. The third kappa shape index (κ3) is 56.2. The third-order valence-electron chi connectivity index (χ3n) is 13.9. The molecule has 9 nitrogen and oxygen atoms in total. The van der Waals surface area contributed by atoms with Crippen molar-refractivity contribution in [3.63, 3.8) is 0 Å². The molecule has 0 heterocycles. The fourth-order valence-corrected chi connectivity index (χ4v) is 9.67. The van der Waals surface area contributed by atoms with Gasteiger partial charge in [0.25, 0.3) is 0 Å². The highest BCUT2D eigenvalue weighted by atomic mass is 31.2. The molecule has 442 valence electrons. The lowest BCUT2D eigenvalue weighted by molar-refractivity contribution is -0.870. The molecule has 0 saturated heterocycles. The van der Waals surface area contributed by atoms with Gasteiger partial charge in [-0.25, -0.2) is 4.57 Å². The highest BCUT2D eigenvalue weighted by molar-refractivity contribution is 7.47. The molecular formula is C66H122N2O7P+. The van der Waals surface area contributed by atoms with Gasteiger partial charge in [0.1, 0.15) is 19.3 Å². The van der Waals surface area contributed by atoms with Crippen molar-refractivity contribution in [1.82, 2.24) is 5.32 Å². The Bertz CT molecular complexity index is 1530. The minimum atomic E-state index is -4.46. The predicted octanol–water partition coefficient (Wildman–Crippen LogP) is 19.6. The molecule has 3 unspecified atom stereocenters. The molecule has 0 aliphatic rings. The summed E-state index contributed by atoms with van der Waals surface area (Å²) in [6.45, 7) is 6.97. The number of quaternary nitrogens is 1. The van der Waals surface area contributed by atoms with Gasteiger partial charge in [0.05, 0.1) is 33.8 Å². The topological polar surface area (TPSA) is 111 Å². The summed E-state index contributed by atoms with van der Waals surface area (Å²) < 4.78 is 30.7. The Morgan fingerprint density at radius 1 is 0.474 bits per heavy atom. The minimum absolute atomic E-state index is 0.0319. The number of nitrogens with zero attached hydrogens (tertiary/aromatic N) is 1. The minimum Gasteiger partial charge on any atom is -0.456 e. The summed E-state index contributed by atoms with van der Waals surface area (Å²) in [4.78, 5) is 37.7. The van der Waals surface area contributed by atoms with Gasteiger partial charge >= 0.3 is 13.8 Å². The van der Waals surface area contributed by atoms with E-state index >= 15 is 0 Å². The number of likely N-dealkylation sites (N-methyl/N-ethyl adjacent to an activating group) is 1. The highest BCUT2D eigenvalue weighted by Gasteiger charge is 2.30. The molecule has 10 heteroatoms. The molecular weight excluding hydrogens is 964 g/mol. The van der Waals surface area contributed by atoms with Crippen molar-refractivity contribution in [2.24, 2.45) is 0 Å². The first kappa shape index (κ1) is 73.5. The largest absolute Gasteiger partial charge is 0.472 e. The molecule has 76 heavy (non-hydrogen) atoms. The van der Waals surface area contributed by atoms with Crippen LogP contribution in [0.1, 0.15) is 284 Å². The maximum absolute atomic E-state index is 13.5. The zero-order chi connectivity index (χ0) is 55.7. The smallest absolute Gasteiger partial charge is 0.456 e. The number of nitrogens with one attached hydrogen (secondary N) is 1. The van der Waals surface area contributed by atoms with Gasteiger partial charge in [-0.1, -0.05) is 248 Å². The zero-order valence-corrected chi connectivity index (χ0v) is 51.4. The van der Waals surface area contributed by atoms with Gasteiger partial charge in [-0.05, 0) is 96.0 Å². The number of ether oxygens (including phenoxy) is 1. The van der Waals surface area contributed by atoms with Crippen LogP contribution >= 0.6 is 7.82 Å². The number of phosphoric ester groups is 1. The summed E-state index contributed by atoms with van der Waals surface area (Å²) in [7, 11) is 1.47. The number of amides is 1. The number of hydrogen-bond acceptors (Lipinski definition) is 6. The van der Waals surface area contributed by atoms with E-state index < -0.39 is 20.0 Å². The lowest BCUT2D eigenvalue weighted by Gasteiger charge is -2.27. The van der Waals surface area contributed by atoms with Crippen LogP contribution in [-0.4, -0.2) is 74.3 Å². The molecule has 0 aliphatic carbocycles. The number of rotatable bonds is 57. The summed E-state index contributed by atoms with van der Waals surface area (Å²) in [6.07, 6.45) is 71.8. The van der Waals surface area contributed by atoms with Gasteiger partial charge in [-0.15, -0.1) is 0 Å². The van der Waals surface area contributed by atoms with Crippen molar-refractivity contribution in [3.05, 3.63) is 72.9 Å². The zero-order valence-electron chi connectivity index (χ0n) is 50.5. The third-order valence-corrected chi connectivity index (χ3v) is 14.9. The maximum atomic E-state index is 13.5. The Kier molecular flexibility index (Phi) is 53.9. The van der Waals surface area contributed by atoms with E-state index in [-0.39, 0.29) is 31.5 Å². The number of allylic oxidation sites excluding steroid dienone is 11. The molecule has 0 aliphatic heterocycles. The van der Waals surface area contributed by atoms with Crippen LogP contribution in [0.2, 0.25) is 0 Å². The first-order valence-electron chi connectivity index (χ1n) is 31.8. The van der Waals surface area contributed by atoms with Crippen LogP contribution in [0.15, 0.2) is 72.9 Å². The maximum Gasteiger partial charge on any atom is 0.472 e. The van der Waals surface area contributed by atoms with Gasteiger partial charge in [0, 0.05) is 12.8 Å². The Labute approximate surface area is 470 Å². The Morgan fingerprint density at radius 3 is 1.32 bits per heavy atom. The van der Waals surface area contributed by atoms with Crippen molar-refractivity contribution in [2.75, 3.05) is 40.9 Å². The molecule has 0 aromatic carbocycles. The van der Waals surface area contributed by atoms with Crippen molar-refractivity contribution in [3.8, 4) is 0 Å². The van der Waals surface area contributed by atoms with Crippen molar-refractivity contribution < 1.29 is 37.3 Å². The summed E-state index contributed by atoms with van der Waals surface area (Å²) in [5, 5.41) is 3.04. The van der Waals surface area contributed by atoms with E-state index in [1.807, 2.05) is 33.3 Å². The fourth-order valence-electron chi connectivity index (χ4n) is 8.94. The summed E-state index contributed by atoms with van der Waals surface area (Å²) in [5.41, 5.74) is 0. The molecule has 0 saturated carbocycles. The Balaban J connectivity index is 5.31. The van der Waals surface area contributed by atoms with Crippen LogP contribution < -0.4 is 5.32 Å². The average molecular weight is 1090 g/mol. The number of phosphoric acid groups is 1. The molecule has 1 amide bonds. The number of carbonyl (C=O) groups is 2. The number of hydrogen-bond donors (Lipinski definition) is 2. The van der Waals surface area contributed by atoms with E-state index in [1.165, 1.54) is 154 Å². The summed E-state index contributed by atoms with van der Waals surface area (Å²) in [5.74, 6) is -0.541. The molecule has 2 N–H and O–H groups in total. The van der Waals surface area contributed by atoms with Gasteiger partial charge in [0.15, 0.2) is 0 Å². The first-order valence-corrected chi connectivity index (χ1v) is 33.3. The van der Waals surface area contributed by atoms with Gasteiger partial charge < -0.3 is 19.4 Å². The quantitative estimate of drug-likeness (QED) is 0.0156. The summed E-state index contributed by atoms with van der Waals surface area (Å²) >= 11 is 0. The Morgan fingerprint density at radius 2 is 0.842 bits per heavy atom. The van der Waals surface area contributed by atoms with E-state index in [2.05, 4.69) is 86.8 Å². The monoisotopic (exact) mass is 1090 g/mol. The molecule has 0 aromatic heterocycles. The van der Waals surface area contributed by atoms with Crippen LogP contribution in [0.25, 0.3) is 0 Å². The van der Waals surface area contributed by atoms with E-state index in [9.17, 15) is 19.0 Å². The van der Waals surface area contributed by atoms with Crippen LogP contribution in [0.3, 0.4) is 0 Å². The average Bonchev–Trinajstić information content (AvgIpc) is 3.38. The van der Waals surface area contributed by atoms with E-state index in [4.69, 9.17) is 13.8 Å². The molecule has 0 fully saturated rings. The fraction of sp³-hybridized carbons (Fsp3) is 0.788. The lowest BCUT2D eigenvalue weighted by Crippen LogP contribution is -2.47. The molecule has 0 spiro atoms. The second-order valence-corrected chi connectivity index (χ2v) is 24.1. The van der Waals surface area contributed by atoms with Crippen molar-refractivity contribution >= 4 is 19.7 Å². The van der Waals surface area contributed by atoms with Gasteiger partial charge in [-0.3, -0.25) is 18.6 Å². The first-order chi connectivity index (χ1) is 36.9.